The minimum Gasteiger partial charge on any atom is -0.508 e. The number of phenols is 3. The van der Waals surface area contributed by atoms with Gasteiger partial charge in [0.15, 0.2) is 0 Å². The van der Waals surface area contributed by atoms with E-state index >= 15 is 0 Å². The number of fused-ring (bicyclic) bond motifs is 1. The molecule has 13 rings (SSSR count). The highest BCUT2D eigenvalue weighted by Crippen LogP contribution is 2.57. The predicted octanol–water partition coefficient (Wildman–Crippen LogP) is 20.3. The lowest BCUT2D eigenvalue weighted by Gasteiger charge is -2.49. The van der Waals surface area contributed by atoms with Gasteiger partial charge in [-0.2, -0.15) is 0 Å². The Kier molecular flexibility index (Phi) is 22.8. The van der Waals surface area contributed by atoms with Crippen molar-refractivity contribution in [1.29, 1.82) is 0 Å². The van der Waals surface area contributed by atoms with Gasteiger partial charge >= 0.3 is 0 Å². The monoisotopic (exact) mass is 1040 g/mol. The number of phenolic OH excluding ortho intramolecular Hbond substituents is 3. The molecule has 2 unspecified atom stereocenters. The van der Waals surface area contributed by atoms with E-state index in [1.165, 1.54) is 90.4 Å². The molecule has 5 aliphatic carbocycles. The molecular formula is C75H94O3. The Morgan fingerprint density at radius 1 is 0.346 bits per heavy atom. The zero-order valence-electron chi connectivity index (χ0n) is 48.7. The second kappa shape index (κ2) is 28.7. The molecule has 0 aromatic heterocycles. The number of aromatic hydroxyl groups is 3. The molecule has 8 aromatic carbocycles. The molecule has 4 fully saturated rings. The molecule has 0 saturated heterocycles. The van der Waals surface area contributed by atoms with Gasteiger partial charge in [0, 0.05) is 10.8 Å². The van der Waals surface area contributed by atoms with Gasteiger partial charge in [0.2, 0.25) is 0 Å². The van der Waals surface area contributed by atoms with Crippen molar-refractivity contribution in [2.24, 2.45) is 23.7 Å². The van der Waals surface area contributed by atoms with Crippen LogP contribution < -0.4 is 0 Å². The second-order valence-electron chi connectivity index (χ2n) is 22.7. The van der Waals surface area contributed by atoms with Gasteiger partial charge in [-0.25, -0.2) is 0 Å². The zero-order chi connectivity index (χ0) is 55.8. The van der Waals surface area contributed by atoms with Gasteiger partial charge in [0.05, 0.1) is 0 Å². The van der Waals surface area contributed by atoms with Crippen LogP contribution in [0.5, 0.6) is 17.2 Å². The Bertz CT molecular complexity index is 2730. The topological polar surface area (TPSA) is 60.7 Å². The van der Waals surface area contributed by atoms with Crippen molar-refractivity contribution in [2.75, 3.05) is 0 Å². The van der Waals surface area contributed by atoms with Crippen molar-refractivity contribution < 1.29 is 15.3 Å². The van der Waals surface area contributed by atoms with Crippen LogP contribution in [-0.4, -0.2) is 15.3 Å². The fourth-order valence-electron chi connectivity index (χ4n) is 12.7. The summed E-state index contributed by atoms with van der Waals surface area (Å²) in [6.45, 7) is 25.3. The van der Waals surface area contributed by atoms with Crippen LogP contribution >= 0.6 is 0 Å². The van der Waals surface area contributed by atoms with Crippen LogP contribution in [0.2, 0.25) is 0 Å². The van der Waals surface area contributed by atoms with Crippen molar-refractivity contribution in [1.82, 2.24) is 0 Å². The maximum absolute atomic E-state index is 9.79. The summed E-state index contributed by atoms with van der Waals surface area (Å²) in [6, 6.07) is 67.8. The average molecular weight is 1040 g/mol. The number of rotatable bonds is 5. The number of hydrogen-bond acceptors (Lipinski definition) is 3. The summed E-state index contributed by atoms with van der Waals surface area (Å²) < 4.78 is 0. The molecule has 0 spiro atoms. The van der Waals surface area contributed by atoms with E-state index in [9.17, 15) is 10.2 Å². The summed E-state index contributed by atoms with van der Waals surface area (Å²) in [5, 5.41) is 28.1. The molecule has 3 heteroatoms. The Labute approximate surface area is 472 Å². The van der Waals surface area contributed by atoms with Gasteiger partial charge in [-0.15, -0.1) is 0 Å². The smallest absolute Gasteiger partial charge is 0.115 e. The Morgan fingerprint density at radius 3 is 0.974 bits per heavy atom. The lowest BCUT2D eigenvalue weighted by atomic mass is 9.56. The lowest BCUT2D eigenvalue weighted by molar-refractivity contribution is 0.0198. The molecule has 3 N–H and O–H groups in total. The summed E-state index contributed by atoms with van der Waals surface area (Å²) in [7, 11) is 0. The summed E-state index contributed by atoms with van der Waals surface area (Å²) >= 11 is 0. The van der Waals surface area contributed by atoms with Crippen molar-refractivity contribution in [2.45, 2.75) is 152 Å². The van der Waals surface area contributed by atoms with E-state index in [0.29, 0.717) is 17.2 Å². The Balaban J connectivity index is 0.000000190. The number of aryl methyl sites for hydroxylation is 5. The number of hydrogen-bond donors (Lipinski definition) is 3. The highest BCUT2D eigenvalue weighted by Gasteiger charge is 2.49. The third-order valence-corrected chi connectivity index (χ3v) is 16.4. The maximum Gasteiger partial charge on any atom is 0.115 e. The van der Waals surface area contributed by atoms with Crippen LogP contribution in [0.25, 0.3) is 0 Å². The summed E-state index contributed by atoms with van der Waals surface area (Å²) in [5.41, 5.74) is 15.0. The highest BCUT2D eigenvalue weighted by molar-refractivity contribution is 5.60. The van der Waals surface area contributed by atoms with Crippen LogP contribution in [0.1, 0.15) is 168 Å². The molecule has 4 saturated carbocycles. The molecule has 8 aromatic rings. The highest BCUT2D eigenvalue weighted by atomic mass is 16.3. The fourth-order valence-corrected chi connectivity index (χ4v) is 12.7. The van der Waals surface area contributed by atoms with Crippen molar-refractivity contribution in [3.8, 4) is 17.2 Å². The van der Waals surface area contributed by atoms with Crippen LogP contribution in [-0.2, 0) is 16.2 Å². The Morgan fingerprint density at radius 2 is 0.603 bits per heavy atom. The summed E-state index contributed by atoms with van der Waals surface area (Å²) in [4.78, 5) is 0. The minimum atomic E-state index is -0.247. The molecule has 4 bridgehead atoms. The first-order valence-corrected chi connectivity index (χ1v) is 28.7. The second-order valence-corrected chi connectivity index (χ2v) is 22.7. The molecule has 0 heterocycles. The standard InChI is InChI=1S/C24H24O.C21H20O.C10H16.C8H10.C7H8O.2C2H6.CH4/c1-17-8-10-18(11-9-17)24(19-12-14-20(25)15-13-19)16-23(2,3)21-6-4-5-7-22(21)24;1-16-8-10-18(11-9-16)21(2,17-6-4-3-5-7-17)19-12-14-20(22)15-13-19;1-7-2-9-4-8(1)5-10(3-7)6-9;1-7-3-5-8(2)6-4-7;1-6-2-4-7(8)5-3-6;2*1-2;/h4-15,25H,16H2,1-3H3;3-15,22H,1-2H3;7-10H,1-6H2;3-6H,1-2H3;2-5,8H,1H3;2*1-2H3;1H4. The van der Waals surface area contributed by atoms with Crippen molar-refractivity contribution in [3.63, 3.8) is 0 Å². The molecule has 412 valence electrons. The van der Waals surface area contributed by atoms with Gasteiger partial charge in [-0.3, -0.25) is 0 Å². The van der Waals surface area contributed by atoms with E-state index in [4.69, 9.17) is 5.11 Å². The maximum atomic E-state index is 9.79. The predicted molar refractivity (Wildman–Crippen MR) is 334 cm³/mol. The van der Waals surface area contributed by atoms with E-state index in [2.05, 4.69) is 182 Å². The molecular weight excluding hydrogens is 949 g/mol. The SMILES string of the molecule is C.C1C2CC3CC1CC(C2)C3.CC.CC.Cc1ccc(C(C)(c2ccccc2)c2ccc(O)cc2)cc1.Cc1ccc(C)cc1.Cc1ccc(C2(c3ccc(O)cc3)CC(C)(C)c3ccccc32)cc1.Cc1ccc(O)cc1. The average Bonchev–Trinajstić information content (AvgIpc) is 3.81. The molecule has 5 aliphatic rings. The van der Waals surface area contributed by atoms with E-state index in [1.807, 2.05) is 65.0 Å². The first-order chi connectivity index (χ1) is 37.0. The summed E-state index contributed by atoms with van der Waals surface area (Å²) in [6.07, 6.45) is 10.6. The van der Waals surface area contributed by atoms with E-state index in [1.54, 1.807) is 74.9 Å². The molecule has 0 aliphatic heterocycles. The molecule has 2 atom stereocenters. The zero-order valence-corrected chi connectivity index (χ0v) is 48.7. The number of benzene rings is 8. The first-order valence-electron chi connectivity index (χ1n) is 28.7. The van der Waals surface area contributed by atoms with E-state index < -0.39 is 0 Å². The van der Waals surface area contributed by atoms with E-state index in [-0.39, 0.29) is 23.7 Å². The third kappa shape index (κ3) is 15.5. The minimum absolute atomic E-state index is 0. The van der Waals surface area contributed by atoms with Gasteiger partial charge in [0.25, 0.3) is 0 Å². The molecule has 78 heavy (non-hydrogen) atoms. The van der Waals surface area contributed by atoms with E-state index in [0.717, 1.165) is 6.42 Å². The third-order valence-electron chi connectivity index (χ3n) is 16.4. The van der Waals surface area contributed by atoms with Crippen LogP contribution in [0, 0.1) is 58.3 Å². The van der Waals surface area contributed by atoms with Gasteiger partial charge in [-0.05, 0) is 191 Å². The molecule has 0 amide bonds. The first kappa shape index (κ1) is 62.0. The largest absolute Gasteiger partial charge is 0.508 e. The van der Waals surface area contributed by atoms with Gasteiger partial charge < -0.3 is 15.3 Å². The quantitative estimate of drug-likeness (QED) is 0.151. The van der Waals surface area contributed by atoms with Crippen LogP contribution in [0.4, 0.5) is 0 Å². The van der Waals surface area contributed by atoms with Crippen molar-refractivity contribution >= 4 is 0 Å². The fraction of sp³-hybridized carbons (Fsp3) is 0.360. The van der Waals surface area contributed by atoms with Crippen LogP contribution in [0.3, 0.4) is 0 Å². The van der Waals surface area contributed by atoms with Crippen LogP contribution in [0.15, 0.2) is 200 Å². The van der Waals surface area contributed by atoms with Gasteiger partial charge in [0.1, 0.15) is 17.2 Å². The molecule has 0 radical (unpaired) electrons. The molecule has 3 nitrogen and oxygen atoms in total. The van der Waals surface area contributed by atoms with Crippen molar-refractivity contribution in [3.05, 3.63) is 267 Å². The normalized spacial score (nSPS) is 20.0. The summed E-state index contributed by atoms with van der Waals surface area (Å²) in [5.74, 6) is 5.65. The van der Waals surface area contributed by atoms with Gasteiger partial charge in [-0.1, -0.05) is 241 Å². The Hall–Kier alpha value is -6.84. The lowest BCUT2D eigenvalue weighted by Crippen LogP contribution is -2.38.